The van der Waals surface area contributed by atoms with E-state index in [9.17, 15) is 0 Å². The van der Waals surface area contributed by atoms with Crippen LogP contribution in [0.15, 0.2) is 0 Å². The highest BCUT2D eigenvalue weighted by atomic mass is 14.8. The van der Waals surface area contributed by atoms with Gasteiger partial charge in [0.25, 0.3) is 0 Å². The summed E-state index contributed by atoms with van der Waals surface area (Å²) in [5.41, 5.74) is 6.39. The fourth-order valence-electron chi connectivity index (χ4n) is 1.96. The molecule has 72 valence electrons. The van der Waals surface area contributed by atoms with Crippen molar-refractivity contribution in [3.8, 4) is 0 Å². The average molecular weight is 169 g/mol. The fourth-order valence-corrected chi connectivity index (χ4v) is 1.96. The molecule has 1 aliphatic rings. The van der Waals surface area contributed by atoms with E-state index < -0.39 is 0 Å². The summed E-state index contributed by atoms with van der Waals surface area (Å²) in [5, 5.41) is 0. The summed E-state index contributed by atoms with van der Waals surface area (Å²) >= 11 is 0. The van der Waals surface area contributed by atoms with E-state index in [0.717, 1.165) is 0 Å². The highest BCUT2D eigenvalue weighted by Crippen LogP contribution is 2.33. The maximum absolute atomic E-state index is 6.12. The van der Waals surface area contributed by atoms with Crippen LogP contribution in [0.25, 0.3) is 0 Å². The molecular weight excluding hydrogens is 146 g/mol. The average Bonchev–Trinajstić information content (AvgIpc) is 2.01. The molecule has 0 spiro atoms. The van der Waals surface area contributed by atoms with Gasteiger partial charge in [0.05, 0.1) is 0 Å². The van der Waals surface area contributed by atoms with E-state index in [1.807, 2.05) is 0 Å². The molecule has 1 fully saturated rings. The number of nitrogens with two attached hydrogens (primary N) is 1. The standard InChI is InChI=1S/C11H23N/c1-2-3-4-5-6-8-11(12)9-7-10-11/h2-10,12H2,1H3. The van der Waals surface area contributed by atoms with Gasteiger partial charge >= 0.3 is 0 Å². The topological polar surface area (TPSA) is 26.0 Å². The molecule has 0 aromatic heterocycles. The Labute approximate surface area is 76.7 Å². The van der Waals surface area contributed by atoms with E-state index in [2.05, 4.69) is 6.92 Å². The van der Waals surface area contributed by atoms with Crippen LogP contribution in [0, 0.1) is 0 Å². The Hall–Kier alpha value is -0.0400. The second-order valence-electron chi connectivity index (χ2n) is 4.38. The number of unbranched alkanes of at least 4 members (excludes halogenated alkanes) is 4. The summed E-state index contributed by atoms with van der Waals surface area (Å²) in [6, 6.07) is 0. The van der Waals surface area contributed by atoms with Crippen LogP contribution in [0.1, 0.15) is 64.7 Å². The molecule has 0 aromatic rings. The maximum atomic E-state index is 6.12. The van der Waals surface area contributed by atoms with Crippen LogP contribution in [-0.4, -0.2) is 5.54 Å². The summed E-state index contributed by atoms with van der Waals surface area (Å²) in [5.74, 6) is 0. The van der Waals surface area contributed by atoms with E-state index in [1.165, 1.54) is 57.8 Å². The predicted octanol–water partition coefficient (Wildman–Crippen LogP) is 3.23. The van der Waals surface area contributed by atoms with Crippen molar-refractivity contribution in [1.82, 2.24) is 0 Å². The molecule has 0 heterocycles. The Morgan fingerprint density at radius 2 is 1.75 bits per heavy atom. The first-order valence-corrected chi connectivity index (χ1v) is 5.56. The van der Waals surface area contributed by atoms with E-state index in [4.69, 9.17) is 5.73 Å². The lowest BCUT2D eigenvalue weighted by molar-refractivity contribution is 0.224. The molecule has 1 rings (SSSR count). The predicted molar refractivity (Wildman–Crippen MR) is 54.1 cm³/mol. The minimum absolute atomic E-state index is 0.270. The normalized spacial score (nSPS) is 20.5. The zero-order valence-corrected chi connectivity index (χ0v) is 8.44. The first-order chi connectivity index (χ1) is 5.77. The molecule has 1 saturated carbocycles. The molecule has 1 aliphatic carbocycles. The van der Waals surface area contributed by atoms with Gasteiger partial charge in [0.15, 0.2) is 0 Å². The molecule has 0 radical (unpaired) electrons. The van der Waals surface area contributed by atoms with E-state index in [1.54, 1.807) is 0 Å². The molecule has 0 saturated heterocycles. The third kappa shape index (κ3) is 3.14. The highest BCUT2D eigenvalue weighted by molar-refractivity contribution is 4.91. The van der Waals surface area contributed by atoms with Crippen molar-refractivity contribution in [3.63, 3.8) is 0 Å². The number of hydrogen-bond donors (Lipinski definition) is 1. The van der Waals surface area contributed by atoms with Crippen molar-refractivity contribution in [1.29, 1.82) is 0 Å². The first-order valence-electron chi connectivity index (χ1n) is 5.56. The third-order valence-electron chi connectivity index (χ3n) is 3.13. The molecule has 0 aromatic carbocycles. The Kier molecular flexibility index (Phi) is 4.07. The Bertz CT molecular complexity index is 116. The lowest BCUT2D eigenvalue weighted by Crippen LogP contribution is -2.46. The van der Waals surface area contributed by atoms with Gasteiger partial charge < -0.3 is 5.73 Å². The Balaban J connectivity index is 1.88. The van der Waals surface area contributed by atoms with Gasteiger partial charge in [-0.05, 0) is 25.7 Å². The highest BCUT2D eigenvalue weighted by Gasteiger charge is 2.31. The Morgan fingerprint density at radius 1 is 1.08 bits per heavy atom. The molecule has 0 aliphatic heterocycles. The van der Waals surface area contributed by atoms with Gasteiger partial charge in [0.2, 0.25) is 0 Å². The van der Waals surface area contributed by atoms with Gasteiger partial charge in [0.1, 0.15) is 0 Å². The summed E-state index contributed by atoms with van der Waals surface area (Å²) in [6.07, 6.45) is 12.1. The van der Waals surface area contributed by atoms with Crippen molar-refractivity contribution >= 4 is 0 Å². The van der Waals surface area contributed by atoms with Crippen molar-refractivity contribution in [2.75, 3.05) is 0 Å². The summed E-state index contributed by atoms with van der Waals surface area (Å²) in [7, 11) is 0. The zero-order chi connectivity index (χ0) is 8.86. The van der Waals surface area contributed by atoms with E-state index in [0.29, 0.717) is 0 Å². The van der Waals surface area contributed by atoms with Crippen LogP contribution in [0.4, 0.5) is 0 Å². The van der Waals surface area contributed by atoms with Gasteiger partial charge in [-0.25, -0.2) is 0 Å². The van der Waals surface area contributed by atoms with Crippen LogP contribution in [-0.2, 0) is 0 Å². The SMILES string of the molecule is CCCCCCCC1(N)CCC1. The van der Waals surface area contributed by atoms with E-state index >= 15 is 0 Å². The van der Waals surface area contributed by atoms with E-state index in [-0.39, 0.29) is 5.54 Å². The molecule has 0 unspecified atom stereocenters. The monoisotopic (exact) mass is 169 g/mol. The molecular formula is C11H23N. The zero-order valence-electron chi connectivity index (χ0n) is 8.44. The molecule has 2 N–H and O–H groups in total. The molecule has 0 atom stereocenters. The smallest absolute Gasteiger partial charge is 0.0154 e. The second kappa shape index (κ2) is 4.86. The lowest BCUT2D eigenvalue weighted by Gasteiger charge is -2.38. The number of hydrogen-bond acceptors (Lipinski definition) is 1. The quantitative estimate of drug-likeness (QED) is 0.607. The molecule has 1 heteroatoms. The number of rotatable bonds is 6. The van der Waals surface area contributed by atoms with Gasteiger partial charge in [-0.3, -0.25) is 0 Å². The van der Waals surface area contributed by atoms with Crippen LogP contribution >= 0.6 is 0 Å². The van der Waals surface area contributed by atoms with Crippen LogP contribution in [0.3, 0.4) is 0 Å². The maximum Gasteiger partial charge on any atom is 0.0154 e. The minimum Gasteiger partial charge on any atom is -0.325 e. The summed E-state index contributed by atoms with van der Waals surface area (Å²) in [6.45, 7) is 2.26. The largest absolute Gasteiger partial charge is 0.325 e. The molecule has 12 heavy (non-hydrogen) atoms. The van der Waals surface area contributed by atoms with Gasteiger partial charge in [-0.2, -0.15) is 0 Å². The van der Waals surface area contributed by atoms with Gasteiger partial charge in [-0.1, -0.05) is 39.0 Å². The summed E-state index contributed by atoms with van der Waals surface area (Å²) in [4.78, 5) is 0. The van der Waals surface area contributed by atoms with Crippen molar-refractivity contribution < 1.29 is 0 Å². The summed E-state index contributed by atoms with van der Waals surface area (Å²) < 4.78 is 0. The molecule has 0 amide bonds. The van der Waals surface area contributed by atoms with Crippen LogP contribution in [0.5, 0.6) is 0 Å². The van der Waals surface area contributed by atoms with Gasteiger partial charge in [-0.15, -0.1) is 0 Å². The molecule has 0 bridgehead atoms. The molecule has 1 nitrogen and oxygen atoms in total. The minimum atomic E-state index is 0.270. The fraction of sp³-hybridized carbons (Fsp3) is 1.00. The van der Waals surface area contributed by atoms with Crippen molar-refractivity contribution in [2.24, 2.45) is 5.73 Å². The van der Waals surface area contributed by atoms with Crippen molar-refractivity contribution in [2.45, 2.75) is 70.3 Å². The second-order valence-corrected chi connectivity index (χ2v) is 4.38. The van der Waals surface area contributed by atoms with Crippen molar-refractivity contribution in [3.05, 3.63) is 0 Å². The lowest BCUT2D eigenvalue weighted by atomic mass is 9.74. The third-order valence-corrected chi connectivity index (χ3v) is 3.13. The van der Waals surface area contributed by atoms with Crippen LogP contribution in [0.2, 0.25) is 0 Å². The van der Waals surface area contributed by atoms with Gasteiger partial charge in [0, 0.05) is 5.54 Å². The first kappa shape index (κ1) is 10.0. The van der Waals surface area contributed by atoms with Crippen LogP contribution < -0.4 is 5.73 Å². The Morgan fingerprint density at radius 3 is 2.25 bits per heavy atom.